The van der Waals surface area contributed by atoms with E-state index in [0.29, 0.717) is 12.1 Å². The molecular weight excluding hydrogens is 479 g/mol. The van der Waals surface area contributed by atoms with Gasteiger partial charge in [0.25, 0.3) is 0 Å². The fourth-order valence-electron chi connectivity index (χ4n) is 3.34. The number of nitrogens with two attached hydrogens (primary N) is 1. The van der Waals surface area contributed by atoms with Gasteiger partial charge in [-0.1, -0.05) is 24.3 Å². The van der Waals surface area contributed by atoms with Crippen LogP contribution in [-0.4, -0.2) is 31.5 Å². The minimum absolute atomic E-state index is 0.0810. The molecule has 0 saturated heterocycles. The largest absolute Gasteiger partial charge is 0.506 e. The Morgan fingerprint density at radius 1 is 1.14 bits per heavy atom. The molecule has 8 nitrogen and oxygen atoms in total. The van der Waals surface area contributed by atoms with Crippen molar-refractivity contribution < 1.29 is 37.7 Å². The van der Waals surface area contributed by atoms with Gasteiger partial charge < -0.3 is 25.3 Å². The van der Waals surface area contributed by atoms with E-state index in [2.05, 4.69) is 4.98 Å². The molecule has 1 aliphatic rings. The van der Waals surface area contributed by atoms with Crippen LogP contribution in [0.2, 0.25) is 0 Å². The summed E-state index contributed by atoms with van der Waals surface area (Å²) in [6.07, 6.45) is -0.0193. The van der Waals surface area contributed by atoms with Gasteiger partial charge in [0.1, 0.15) is 23.7 Å². The van der Waals surface area contributed by atoms with Gasteiger partial charge in [0, 0.05) is 26.2 Å². The van der Waals surface area contributed by atoms with E-state index >= 15 is 0 Å². The van der Waals surface area contributed by atoms with E-state index < -0.39 is 35.0 Å². The average molecular weight is 505 g/mol. The Morgan fingerprint density at radius 2 is 1.78 bits per heavy atom. The number of carboxylic acid groups (broad SMARTS) is 1. The zero-order valence-electron chi connectivity index (χ0n) is 19.5. The van der Waals surface area contributed by atoms with Crippen molar-refractivity contribution in [2.24, 2.45) is 18.7 Å². The number of halogens is 3. The van der Waals surface area contributed by atoms with Crippen LogP contribution in [0.5, 0.6) is 11.5 Å². The van der Waals surface area contributed by atoms with E-state index in [-0.39, 0.29) is 30.2 Å². The van der Waals surface area contributed by atoms with Crippen LogP contribution in [-0.2, 0) is 26.4 Å². The summed E-state index contributed by atoms with van der Waals surface area (Å²) >= 11 is 0. The third-order valence-corrected chi connectivity index (χ3v) is 5.47. The second kappa shape index (κ2) is 11.3. The number of nitrogens with zero attached hydrogens (tertiary/aromatic N) is 2. The van der Waals surface area contributed by atoms with E-state index in [1.807, 2.05) is 0 Å². The number of aromatic nitrogens is 2. The van der Waals surface area contributed by atoms with Gasteiger partial charge in [-0.3, -0.25) is 4.79 Å². The Hall–Kier alpha value is -3.86. The van der Waals surface area contributed by atoms with Crippen LogP contribution < -0.4 is 10.5 Å². The van der Waals surface area contributed by atoms with Gasteiger partial charge in [-0.25, -0.2) is 9.78 Å². The van der Waals surface area contributed by atoms with Crippen molar-refractivity contribution >= 4 is 11.8 Å². The number of aryl methyl sites for hydroxylation is 1. The predicted octanol–water partition coefficient (Wildman–Crippen LogP) is 4.55. The molecule has 11 heteroatoms. The lowest BCUT2D eigenvalue weighted by Gasteiger charge is -2.17. The molecule has 192 valence electrons. The zero-order valence-corrected chi connectivity index (χ0v) is 19.5. The van der Waals surface area contributed by atoms with Crippen LogP contribution in [0, 0.1) is 5.92 Å². The third-order valence-electron chi connectivity index (χ3n) is 5.47. The summed E-state index contributed by atoms with van der Waals surface area (Å²) < 4.78 is 47.4. The highest BCUT2D eigenvalue weighted by molar-refractivity contribution is 5.99. The molecule has 36 heavy (non-hydrogen) atoms. The molecule has 1 heterocycles. The molecule has 0 atom stereocenters. The van der Waals surface area contributed by atoms with E-state index in [1.54, 1.807) is 35.9 Å². The number of ether oxygens (including phenoxy) is 1. The molecular formula is C25H26F3N3O5. The summed E-state index contributed by atoms with van der Waals surface area (Å²) in [4.78, 5) is 25.9. The lowest BCUT2D eigenvalue weighted by Crippen LogP contribution is -2.12. The smallest absolute Gasteiger partial charge is 0.423 e. The van der Waals surface area contributed by atoms with Crippen molar-refractivity contribution in [1.82, 2.24) is 9.55 Å². The standard InChI is InChI=1S/C20H20F3NO3.C5H6N2O2/c21-20(22,23)18-17(27-11-14-5-3-13(10-24)4-6-14)8-7-15(19(18)26)16(25)9-12-1-2-12;1-7-2-4(5(8)9)6-3-7/h3-8,12,26H,1-2,9-11,24H2;2-3H,1H3,(H,8,9). The minimum atomic E-state index is -4.85. The van der Waals surface area contributed by atoms with E-state index in [0.717, 1.165) is 24.5 Å². The molecule has 4 N–H and O–H groups in total. The van der Waals surface area contributed by atoms with Gasteiger partial charge >= 0.3 is 12.1 Å². The highest BCUT2D eigenvalue weighted by Crippen LogP contribution is 2.45. The van der Waals surface area contributed by atoms with Crippen molar-refractivity contribution in [2.45, 2.75) is 38.6 Å². The zero-order chi connectivity index (χ0) is 26.5. The first-order valence-corrected chi connectivity index (χ1v) is 11.1. The molecule has 0 radical (unpaired) electrons. The Morgan fingerprint density at radius 3 is 2.25 bits per heavy atom. The summed E-state index contributed by atoms with van der Waals surface area (Å²) in [5.74, 6) is -2.84. The number of hydrogen-bond donors (Lipinski definition) is 3. The number of benzene rings is 2. The normalized spacial score (nSPS) is 13.0. The predicted molar refractivity (Wildman–Crippen MR) is 124 cm³/mol. The maximum Gasteiger partial charge on any atom is 0.423 e. The van der Waals surface area contributed by atoms with E-state index in [9.17, 15) is 27.9 Å². The molecule has 1 fully saturated rings. The van der Waals surface area contributed by atoms with Gasteiger partial charge in [0.2, 0.25) is 0 Å². The summed E-state index contributed by atoms with van der Waals surface area (Å²) in [6.45, 7) is 0.256. The second-order valence-corrected chi connectivity index (χ2v) is 8.44. The van der Waals surface area contributed by atoms with Crippen LogP contribution in [0.4, 0.5) is 13.2 Å². The maximum atomic E-state index is 13.5. The Bertz CT molecular complexity index is 1220. The number of aromatic carboxylic acids is 1. The van der Waals surface area contributed by atoms with Crippen molar-refractivity contribution in [3.8, 4) is 11.5 Å². The van der Waals surface area contributed by atoms with Crippen molar-refractivity contribution in [2.75, 3.05) is 0 Å². The number of ketones is 1. The van der Waals surface area contributed by atoms with Crippen molar-refractivity contribution in [1.29, 1.82) is 0 Å². The summed E-state index contributed by atoms with van der Waals surface area (Å²) in [7, 11) is 1.72. The lowest BCUT2D eigenvalue weighted by atomic mass is 10.0. The Labute approximate surface area is 205 Å². The molecule has 1 aliphatic carbocycles. The number of hydrogen-bond acceptors (Lipinski definition) is 6. The van der Waals surface area contributed by atoms with Gasteiger partial charge in [0.05, 0.1) is 11.9 Å². The monoisotopic (exact) mass is 505 g/mol. The van der Waals surface area contributed by atoms with Crippen LogP contribution in [0.1, 0.15) is 56.8 Å². The molecule has 0 unspecified atom stereocenters. The molecule has 0 aliphatic heterocycles. The first kappa shape index (κ1) is 26.7. The first-order chi connectivity index (χ1) is 17.0. The summed E-state index contributed by atoms with van der Waals surface area (Å²) in [5, 5.41) is 18.5. The number of aromatic hydroxyl groups is 1. The molecule has 0 spiro atoms. The van der Waals surface area contributed by atoms with Crippen LogP contribution in [0.3, 0.4) is 0 Å². The van der Waals surface area contributed by atoms with E-state index in [4.69, 9.17) is 15.6 Å². The second-order valence-electron chi connectivity index (χ2n) is 8.44. The number of phenols is 1. The fourth-order valence-corrected chi connectivity index (χ4v) is 3.34. The SMILES string of the molecule is Cn1cnc(C(=O)O)c1.NCc1ccc(COc2ccc(C(=O)CC3CC3)c(O)c2C(F)(F)F)cc1. The molecule has 2 aromatic carbocycles. The van der Waals surface area contributed by atoms with Gasteiger partial charge in [-0.15, -0.1) is 0 Å². The Balaban J connectivity index is 0.000000338. The number of rotatable bonds is 8. The maximum absolute atomic E-state index is 13.5. The number of carboxylic acids is 1. The average Bonchev–Trinajstić information content (AvgIpc) is 3.53. The number of alkyl halides is 3. The van der Waals surface area contributed by atoms with Crippen LogP contribution in [0.15, 0.2) is 48.9 Å². The topological polar surface area (TPSA) is 128 Å². The van der Waals surface area contributed by atoms with Crippen molar-refractivity contribution in [3.63, 3.8) is 0 Å². The fraction of sp³-hybridized carbons (Fsp3) is 0.320. The number of phenolic OH excluding ortho intramolecular Hbond substituents is 1. The molecule has 3 aromatic rings. The number of imidazole rings is 1. The van der Waals surface area contributed by atoms with Crippen LogP contribution >= 0.6 is 0 Å². The van der Waals surface area contributed by atoms with Gasteiger partial charge in [-0.2, -0.15) is 13.2 Å². The van der Waals surface area contributed by atoms with Gasteiger partial charge in [0.15, 0.2) is 11.5 Å². The highest BCUT2D eigenvalue weighted by Gasteiger charge is 2.40. The van der Waals surface area contributed by atoms with E-state index in [1.165, 1.54) is 18.6 Å². The molecule has 1 saturated carbocycles. The molecule has 0 bridgehead atoms. The van der Waals surface area contributed by atoms with Crippen LogP contribution in [0.25, 0.3) is 0 Å². The quantitative estimate of drug-likeness (QED) is 0.383. The highest BCUT2D eigenvalue weighted by atomic mass is 19.4. The number of Topliss-reactive ketones (excluding diaryl/α,β-unsaturated/α-hetero) is 1. The first-order valence-electron chi connectivity index (χ1n) is 11.1. The minimum Gasteiger partial charge on any atom is -0.506 e. The molecule has 4 rings (SSSR count). The van der Waals surface area contributed by atoms with Crippen molar-refractivity contribution in [3.05, 3.63) is 76.9 Å². The lowest BCUT2D eigenvalue weighted by molar-refractivity contribution is -0.140. The number of carbonyl (C=O) groups is 2. The Kier molecular flexibility index (Phi) is 8.36. The van der Waals surface area contributed by atoms with Gasteiger partial charge in [-0.05, 0) is 42.0 Å². The molecule has 0 amide bonds. The number of carbonyl (C=O) groups excluding carboxylic acids is 1. The summed E-state index contributed by atoms with van der Waals surface area (Å²) in [5.41, 5.74) is 5.52. The summed E-state index contributed by atoms with van der Waals surface area (Å²) in [6, 6.07) is 9.24. The third kappa shape index (κ3) is 7.08. The molecule has 1 aromatic heterocycles.